The molecule has 2 aromatic heterocycles. The summed E-state index contributed by atoms with van der Waals surface area (Å²) in [6, 6.07) is 11.0. The second kappa shape index (κ2) is 16.5. The summed E-state index contributed by atoms with van der Waals surface area (Å²) in [5, 5.41) is 5.67. The number of fused-ring (bicyclic) bond motifs is 6. The molecular formula is C46H60N6O5Si. The lowest BCUT2D eigenvalue weighted by Gasteiger charge is -2.43. The summed E-state index contributed by atoms with van der Waals surface area (Å²) in [4.78, 5) is 49.9. The van der Waals surface area contributed by atoms with Crippen LogP contribution in [0.2, 0.25) is 6.04 Å². The van der Waals surface area contributed by atoms with Crippen molar-refractivity contribution in [3.05, 3.63) is 70.6 Å². The number of carbonyl (C=O) groups excluding carboxylic acids is 3. The molecular weight excluding hydrogens is 745 g/mol. The Morgan fingerprint density at radius 2 is 1.98 bits per heavy atom. The molecule has 1 aliphatic carbocycles. The average molecular weight is 805 g/mol. The van der Waals surface area contributed by atoms with Crippen LogP contribution in [0.15, 0.2) is 53.8 Å². The van der Waals surface area contributed by atoms with E-state index < -0.39 is 17.1 Å². The standard InChI is InChI=1S/C46H60N6O5Si/c1-8-13-31-22-36-35-23-32(17-18-38(35)51(9-2)42(36)34-15-10-19-47-41(34)30(6)56-7)33-14-11-20-50(24-33)29(5)40(46(26-58-46)48-43(53)39-27(3)28(39)4)44(54)52-21-12-16-37(49-52)45(55)57-25-31/h10,14-15,17-19,23,27,29-31,37,40,49H,8-9,11-13,16,20-22,24-26H2,1-7H3,(H,48,53)/t27-,29-,30-,31?,37-,40?,46?/m0/s1. The van der Waals surface area contributed by atoms with Gasteiger partial charge in [0.05, 0.1) is 39.5 Å². The fraction of sp³-hybridized carbons (Fsp3) is 0.565. The van der Waals surface area contributed by atoms with Gasteiger partial charge in [-0.25, -0.2) is 5.43 Å². The first-order valence-corrected chi connectivity index (χ1v) is 22.8. The minimum atomic E-state index is -0.625. The third-order valence-electron chi connectivity index (χ3n) is 13.7. The second-order valence-corrected chi connectivity index (χ2v) is 18.8. The number of methoxy groups -OCH3 is 1. The van der Waals surface area contributed by atoms with Gasteiger partial charge in [0.25, 0.3) is 0 Å². The number of esters is 1. The number of hydrogen-bond acceptors (Lipinski definition) is 8. The molecule has 308 valence electrons. The third-order valence-corrected chi connectivity index (χ3v) is 15.2. The van der Waals surface area contributed by atoms with Crippen LogP contribution in [-0.2, 0) is 36.8 Å². The normalized spacial score (nSPS) is 29.4. The highest BCUT2D eigenvalue weighted by atomic mass is 28.2. The molecule has 4 unspecified atom stereocenters. The summed E-state index contributed by atoms with van der Waals surface area (Å²) in [6.45, 7) is 15.7. The van der Waals surface area contributed by atoms with E-state index in [1.54, 1.807) is 12.1 Å². The maximum atomic E-state index is 15.0. The summed E-state index contributed by atoms with van der Waals surface area (Å²) in [5.41, 5.74) is 13.2. The Balaban J connectivity index is 1.24. The van der Waals surface area contributed by atoms with Crippen LogP contribution in [0.3, 0.4) is 0 Å². The highest BCUT2D eigenvalue weighted by Gasteiger charge is 2.59. The summed E-state index contributed by atoms with van der Waals surface area (Å²) in [5.74, 6) is -0.641. The van der Waals surface area contributed by atoms with Crippen LogP contribution in [0.5, 0.6) is 0 Å². The molecule has 58 heavy (non-hydrogen) atoms. The number of aromatic nitrogens is 2. The summed E-state index contributed by atoms with van der Waals surface area (Å²) < 4.78 is 14.5. The van der Waals surface area contributed by atoms with E-state index >= 15 is 0 Å². The lowest BCUT2D eigenvalue weighted by Crippen LogP contribution is -2.63. The van der Waals surface area contributed by atoms with Crippen LogP contribution in [0.25, 0.3) is 27.7 Å². The van der Waals surface area contributed by atoms with Crippen molar-refractivity contribution in [1.29, 1.82) is 0 Å². The summed E-state index contributed by atoms with van der Waals surface area (Å²) >= 11 is 0. The number of amides is 2. The molecule has 2 radical (unpaired) electrons. The quantitative estimate of drug-likeness (QED) is 0.187. The predicted molar refractivity (Wildman–Crippen MR) is 228 cm³/mol. The van der Waals surface area contributed by atoms with Crippen LogP contribution in [-0.4, -0.2) is 97.4 Å². The lowest BCUT2D eigenvalue weighted by atomic mass is 9.88. The Bertz CT molecular complexity index is 2160. The smallest absolute Gasteiger partial charge is 0.324 e. The van der Waals surface area contributed by atoms with Crippen molar-refractivity contribution in [3.63, 3.8) is 0 Å². The lowest BCUT2D eigenvalue weighted by molar-refractivity contribution is -0.155. The van der Waals surface area contributed by atoms with Gasteiger partial charge in [0.1, 0.15) is 6.04 Å². The zero-order valence-corrected chi connectivity index (χ0v) is 36.3. The Hall–Kier alpha value is -4.10. The number of nitrogens with zero attached hydrogens (tertiary/aromatic N) is 4. The van der Waals surface area contributed by atoms with Crippen molar-refractivity contribution in [2.75, 3.05) is 33.4 Å². The van der Waals surface area contributed by atoms with Crippen molar-refractivity contribution in [2.45, 2.75) is 116 Å². The van der Waals surface area contributed by atoms with Crippen LogP contribution in [0, 0.1) is 17.8 Å². The van der Waals surface area contributed by atoms with Gasteiger partial charge in [-0.2, -0.15) is 0 Å². The average Bonchev–Trinajstić information content (AvgIpc) is 4.12. The van der Waals surface area contributed by atoms with Crippen molar-refractivity contribution in [1.82, 2.24) is 30.2 Å². The Morgan fingerprint density at radius 3 is 2.69 bits per heavy atom. The van der Waals surface area contributed by atoms with E-state index in [1.165, 1.54) is 27.6 Å². The van der Waals surface area contributed by atoms with Gasteiger partial charge in [0.2, 0.25) is 11.8 Å². The van der Waals surface area contributed by atoms with Crippen molar-refractivity contribution in [2.24, 2.45) is 17.8 Å². The number of hydrazine groups is 1. The highest BCUT2D eigenvalue weighted by Crippen LogP contribution is 2.45. The van der Waals surface area contributed by atoms with Gasteiger partial charge in [0.15, 0.2) is 0 Å². The van der Waals surface area contributed by atoms with Gasteiger partial charge in [-0.15, -0.1) is 0 Å². The number of pyridine rings is 1. The van der Waals surface area contributed by atoms with E-state index in [2.05, 4.69) is 78.2 Å². The van der Waals surface area contributed by atoms with Crippen LogP contribution >= 0.6 is 0 Å². The number of nitrogens with one attached hydrogen (secondary N) is 2. The van der Waals surface area contributed by atoms with E-state index in [4.69, 9.17) is 14.5 Å². The molecule has 2 amide bonds. The van der Waals surface area contributed by atoms with Crippen LogP contribution in [0.4, 0.5) is 0 Å². The minimum absolute atomic E-state index is 0.0408. The number of rotatable bonds is 9. The SMILES string of the molecule is CCCC1COC(=O)[C@@H]2CCCN(N2)C(=O)C(C2(NC(=O)C3=C(C)[C@@H]3C)C[Si]2)[C@H](C)N2CCC=C(C2)c2ccc3c(c2)c(c(-c2cccnc2[C@H](C)OC)n3CC)C1. The third kappa shape index (κ3) is 7.50. The number of aryl methyl sites for hydroxylation is 1. The summed E-state index contributed by atoms with van der Waals surface area (Å²) in [6.07, 6.45) is 8.73. The molecule has 6 bridgehead atoms. The van der Waals surface area contributed by atoms with E-state index in [-0.39, 0.29) is 48.4 Å². The van der Waals surface area contributed by atoms with Crippen molar-refractivity contribution >= 4 is 43.8 Å². The molecule has 2 saturated heterocycles. The molecule has 0 saturated carbocycles. The van der Waals surface area contributed by atoms with E-state index in [9.17, 15) is 14.4 Å². The van der Waals surface area contributed by atoms with Crippen molar-refractivity contribution in [3.8, 4) is 11.3 Å². The van der Waals surface area contributed by atoms with Crippen molar-refractivity contribution < 1.29 is 23.9 Å². The van der Waals surface area contributed by atoms with Gasteiger partial charge in [-0.3, -0.25) is 29.3 Å². The van der Waals surface area contributed by atoms with Crippen LogP contribution < -0.4 is 10.7 Å². The topological polar surface area (TPSA) is 118 Å². The fourth-order valence-corrected chi connectivity index (χ4v) is 11.3. The minimum Gasteiger partial charge on any atom is -0.464 e. The Morgan fingerprint density at radius 1 is 1.19 bits per heavy atom. The van der Waals surface area contributed by atoms with Crippen LogP contribution in [0.1, 0.15) is 96.6 Å². The predicted octanol–water partition coefficient (Wildman–Crippen LogP) is 6.45. The number of cyclic esters (lactones) is 1. The largest absolute Gasteiger partial charge is 0.464 e. The molecule has 4 aliphatic heterocycles. The van der Waals surface area contributed by atoms with E-state index in [1.807, 2.05) is 26.1 Å². The highest BCUT2D eigenvalue weighted by molar-refractivity contribution is 6.55. The molecule has 5 aliphatic rings. The zero-order valence-electron chi connectivity index (χ0n) is 35.3. The number of hydrogen-bond donors (Lipinski definition) is 2. The summed E-state index contributed by atoms with van der Waals surface area (Å²) in [7, 11) is 2.17. The monoisotopic (exact) mass is 804 g/mol. The van der Waals surface area contributed by atoms with E-state index in [0.717, 1.165) is 72.9 Å². The molecule has 11 nitrogen and oxygen atoms in total. The number of allylic oxidation sites excluding steroid dienone is 1. The zero-order chi connectivity index (χ0) is 40.9. The maximum absolute atomic E-state index is 15.0. The van der Waals surface area contributed by atoms with E-state index in [0.29, 0.717) is 35.5 Å². The Labute approximate surface area is 345 Å². The first kappa shape index (κ1) is 40.7. The van der Waals surface area contributed by atoms with Gasteiger partial charge in [-0.05, 0) is 113 Å². The molecule has 3 aromatic rings. The number of ether oxygens (including phenoxy) is 2. The van der Waals surface area contributed by atoms with Gasteiger partial charge in [0, 0.05) is 78.6 Å². The fourth-order valence-electron chi connectivity index (χ4n) is 10.0. The molecule has 12 heteroatoms. The Kier molecular flexibility index (Phi) is 11.6. The first-order chi connectivity index (χ1) is 28.0. The van der Waals surface area contributed by atoms with Gasteiger partial charge >= 0.3 is 5.97 Å². The maximum Gasteiger partial charge on any atom is 0.324 e. The second-order valence-electron chi connectivity index (χ2n) is 17.2. The van der Waals surface area contributed by atoms with Gasteiger partial charge in [-0.1, -0.05) is 38.0 Å². The molecule has 0 spiro atoms. The van der Waals surface area contributed by atoms with Gasteiger partial charge < -0.3 is 19.4 Å². The molecule has 8 rings (SSSR count). The molecule has 1 aromatic carbocycles. The molecule has 2 N–H and O–H groups in total. The molecule has 6 heterocycles. The first-order valence-electron chi connectivity index (χ1n) is 21.6. The molecule has 8 atom stereocenters. The molecule has 2 fully saturated rings. The number of benzene rings is 1. The number of carbonyl (C=O) groups is 3.